The van der Waals surface area contributed by atoms with Gasteiger partial charge in [0.2, 0.25) is 0 Å². The lowest BCUT2D eigenvalue weighted by Gasteiger charge is -2.24. The smallest absolute Gasteiger partial charge is 0.0459 e. The zero-order valence-corrected chi connectivity index (χ0v) is 13.5. The van der Waals surface area contributed by atoms with E-state index in [4.69, 9.17) is 17.3 Å². The Kier molecular flexibility index (Phi) is 5.46. The molecule has 1 heterocycles. The van der Waals surface area contributed by atoms with Crippen LogP contribution >= 0.6 is 22.9 Å². The number of nitrogens with two attached hydrogens (primary N) is 1. The molecule has 0 bridgehead atoms. The third kappa shape index (κ3) is 3.98. The van der Waals surface area contributed by atoms with Gasteiger partial charge in [-0.3, -0.25) is 0 Å². The molecule has 2 N–H and O–H groups in total. The summed E-state index contributed by atoms with van der Waals surface area (Å²) in [5, 5.41) is 2.93. The normalized spacial score (nSPS) is 12.4. The Morgan fingerprint density at radius 3 is 2.75 bits per heavy atom. The van der Waals surface area contributed by atoms with E-state index in [2.05, 4.69) is 35.5 Å². The lowest BCUT2D eigenvalue weighted by Crippen LogP contribution is -2.24. The molecule has 0 radical (unpaired) electrons. The van der Waals surface area contributed by atoms with E-state index in [-0.39, 0.29) is 6.04 Å². The average Bonchev–Trinajstić information content (AvgIpc) is 2.91. The van der Waals surface area contributed by atoms with Crippen molar-refractivity contribution in [3.8, 4) is 0 Å². The molecule has 0 saturated heterocycles. The fourth-order valence-electron chi connectivity index (χ4n) is 2.28. The lowest BCUT2D eigenvalue weighted by molar-refractivity contribution is 0.734. The summed E-state index contributed by atoms with van der Waals surface area (Å²) in [4.78, 5) is 3.68. The Morgan fingerprint density at radius 2 is 2.10 bits per heavy atom. The summed E-state index contributed by atoms with van der Waals surface area (Å²) in [5.74, 6) is 0. The standard InChI is InChI=1S/C16H21ClN2S/c1-12(18)11-14-15(17)6-3-7-16(14)19(2)9-8-13-5-4-10-20-13/h3-7,10,12H,8-9,11,18H2,1-2H3. The van der Waals surface area contributed by atoms with E-state index in [1.807, 2.05) is 19.1 Å². The van der Waals surface area contributed by atoms with E-state index in [1.165, 1.54) is 10.6 Å². The van der Waals surface area contributed by atoms with E-state index in [0.29, 0.717) is 0 Å². The minimum atomic E-state index is 0.111. The predicted molar refractivity (Wildman–Crippen MR) is 90.1 cm³/mol. The summed E-state index contributed by atoms with van der Waals surface area (Å²) >= 11 is 8.14. The van der Waals surface area contributed by atoms with Gasteiger partial charge in [0.25, 0.3) is 0 Å². The van der Waals surface area contributed by atoms with Crippen molar-refractivity contribution in [2.24, 2.45) is 5.73 Å². The molecule has 0 aliphatic rings. The maximum Gasteiger partial charge on any atom is 0.0459 e. The van der Waals surface area contributed by atoms with Gasteiger partial charge in [0.05, 0.1) is 0 Å². The van der Waals surface area contributed by atoms with Gasteiger partial charge in [0, 0.05) is 35.2 Å². The van der Waals surface area contributed by atoms with Gasteiger partial charge in [0.1, 0.15) is 0 Å². The molecule has 20 heavy (non-hydrogen) atoms. The first kappa shape index (κ1) is 15.4. The van der Waals surface area contributed by atoms with Crippen LogP contribution in [0.15, 0.2) is 35.7 Å². The molecule has 2 rings (SSSR count). The fourth-order valence-corrected chi connectivity index (χ4v) is 3.23. The summed E-state index contributed by atoms with van der Waals surface area (Å²) in [7, 11) is 2.12. The van der Waals surface area contributed by atoms with Crippen LogP contribution in [0.4, 0.5) is 5.69 Å². The maximum atomic E-state index is 6.34. The highest BCUT2D eigenvalue weighted by Crippen LogP contribution is 2.28. The van der Waals surface area contributed by atoms with Gasteiger partial charge in [-0.1, -0.05) is 23.7 Å². The first-order chi connectivity index (χ1) is 9.58. The Hall–Kier alpha value is -1.03. The summed E-state index contributed by atoms with van der Waals surface area (Å²) in [6.45, 7) is 2.99. The second-order valence-electron chi connectivity index (χ2n) is 5.17. The fraction of sp³-hybridized carbons (Fsp3) is 0.375. The van der Waals surface area contributed by atoms with Crippen molar-refractivity contribution in [2.75, 3.05) is 18.5 Å². The molecule has 0 aliphatic carbocycles. The van der Waals surface area contributed by atoms with Gasteiger partial charge in [0.15, 0.2) is 0 Å². The summed E-state index contributed by atoms with van der Waals surface area (Å²) in [5.41, 5.74) is 8.28. The Morgan fingerprint density at radius 1 is 1.30 bits per heavy atom. The van der Waals surface area contributed by atoms with E-state index in [0.717, 1.165) is 30.0 Å². The quantitative estimate of drug-likeness (QED) is 0.875. The third-order valence-corrected chi connectivity index (χ3v) is 4.60. The Labute approximate surface area is 130 Å². The van der Waals surface area contributed by atoms with E-state index in [1.54, 1.807) is 11.3 Å². The van der Waals surface area contributed by atoms with Crippen LogP contribution in [0, 0.1) is 0 Å². The second kappa shape index (κ2) is 7.11. The minimum absolute atomic E-state index is 0.111. The zero-order chi connectivity index (χ0) is 14.5. The van der Waals surface area contributed by atoms with Crippen LogP contribution in [0.5, 0.6) is 0 Å². The lowest BCUT2D eigenvalue weighted by atomic mass is 10.0. The molecule has 1 aromatic carbocycles. The first-order valence-electron chi connectivity index (χ1n) is 6.84. The molecule has 2 nitrogen and oxygen atoms in total. The van der Waals surface area contributed by atoms with Crippen molar-refractivity contribution >= 4 is 28.6 Å². The van der Waals surface area contributed by atoms with Crippen molar-refractivity contribution < 1.29 is 0 Å². The van der Waals surface area contributed by atoms with Crippen molar-refractivity contribution in [2.45, 2.75) is 25.8 Å². The van der Waals surface area contributed by atoms with Crippen LogP contribution in [-0.4, -0.2) is 19.6 Å². The molecule has 0 spiro atoms. The minimum Gasteiger partial charge on any atom is -0.374 e. The summed E-state index contributed by atoms with van der Waals surface area (Å²) in [6.07, 6.45) is 1.86. The van der Waals surface area contributed by atoms with E-state index < -0.39 is 0 Å². The molecule has 0 saturated carbocycles. The molecule has 2 aromatic rings. The number of likely N-dealkylation sites (N-methyl/N-ethyl adjacent to an activating group) is 1. The highest BCUT2D eigenvalue weighted by Gasteiger charge is 2.12. The number of halogens is 1. The SMILES string of the molecule is CC(N)Cc1c(Cl)cccc1N(C)CCc1cccs1. The number of anilines is 1. The summed E-state index contributed by atoms with van der Waals surface area (Å²) < 4.78 is 0. The summed E-state index contributed by atoms with van der Waals surface area (Å²) in [6, 6.07) is 10.5. The van der Waals surface area contributed by atoms with Gasteiger partial charge < -0.3 is 10.6 Å². The van der Waals surface area contributed by atoms with Crippen LogP contribution in [0.3, 0.4) is 0 Å². The highest BCUT2D eigenvalue weighted by atomic mass is 35.5. The van der Waals surface area contributed by atoms with Gasteiger partial charge in [-0.25, -0.2) is 0 Å². The molecular formula is C16H21ClN2S. The van der Waals surface area contributed by atoms with Crippen LogP contribution in [0.2, 0.25) is 5.02 Å². The molecule has 0 aliphatic heterocycles. The highest BCUT2D eigenvalue weighted by molar-refractivity contribution is 7.09. The number of rotatable bonds is 6. The molecule has 1 unspecified atom stereocenters. The van der Waals surface area contributed by atoms with Crippen LogP contribution in [0.25, 0.3) is 0 Å². The predicted octanol–water partition coefficient (Wildman–Crippen LogP) is 3.97. The monoisotopic (exact) mass is 308 g/mol. The molecule has 0 amide bonds. The van der Waals surface area contributed by atoms with Gasteiger partial charge in [-0.05, 0) is 48.9 Å². The number of hydrogen-bond acceptors (Lipinski definition) is 3. The molecule has 1 aromatic heterocycles. The molecule has 1 atom stereocenters. The largest absolute Gasteiger partial charge is 0.374 e. The van der Waals surface area contributed by atoms with Gasteiger partial charge >= 0.3 is 0 Å². The van der Waals surface area contributed by atoms with Crippen molar-refractivity contribution in [3.05, 3.63) is 51.2 Å². The third-order valence-electron chi connectivity index (χ3n) is 3.31. The van der Waals surface area contributed by atoms with Crippen LogP contribution < -0.4 is 10.6 Å². The number of thiophene rings is 1. The van der Waals surface area contributed by atoms with Crippen molar-refractivity contribution in [3.63, 3.8) is 0 Å². The molecule has 4 heteroatoms. The van der Waals surface area contributed by atoms with Crippen LogP contribution in [0.1, 0.15) is 17.4 Å². The number of nitrogens with zero attached hydrogens (tertiary/aromatic N) is 1. The zero-order valence-electron chi connectivity index (χ0n) is 12.0. The van der Waals surface area contributed by atoms with Crippen molar-refractivity contribution in [1.29, 1.82) is 0 Å². The second-order valence-corrected chi connectivity index (χ2v) is 6.61. The molecule has 108 valence electrons. The number of hydrogen-bond donors (Lipinski definition) is 1. The molecular weight excluding hydrogens is 288 g/mol. The average molecular weight is 309 g/mol. The Balaban J connectivity index is 2.12. The van der Waals surface area contributed by atoms with Gasteiger partial charge in [-0.15, -0.1) is 11.3 Å². The number of benzene rings is 1. The van der Waals surface area contributed by atoms with Gasteiger partial charge in [-0.2, -0.15) is 0 Å². The first-order valence-corrected chi connectivity index (χ1v) is 8.10. The maximum absolute atomic E-state index is 6.34. The Bertz CT molecular complexity index is 537. The van der Waals surface area contributed by atoms with Crippen LogP contribution in [-0.2, 0) is 12.8 Å². The molecule has 0 fully saturated rings. The van der Waals surface area contributed by atoms with E-state index >= 15 is 0 Å². The topological polar surface area (TPSA) is 29.3 Å². The van der Waals surface area contributed by atoms with E-state index in [9.17, 15) is 0 Å². The van der Waals surface area contributed by atoms with Crippen molar-refractivity contribution in [1.82, 2.24) is 0 Å².